The number of fused-ring (bicyclic) bond motifs is 1. The molecule has 12 nitrogen and oxygen atoms in total. The second-order valence-corrected chi connectivity index (χ2v) is 11.8. The Morgan fingerprint density at radius 2 is 1.50 bits per heavy atom. The molecule has 0 aliphatic carbocycles. The highest BCUT2D eigenvalue weighted by Gasteiger charge is 2.30. The third kappa shape index (κ3) is 5.32. The van der Waals surface area contributed by atoms with Crippen LogP contribution in [0.3, 0.4) is 0 Å². The molecule has 0 atom stereocenters. The topological polar surface area (TPSA) is 121 Å². The number of benzene rings is 1. The molecule has 3 aromatic rings. The Kier molecular flexibility index (Phi) is 8.86. The molecule has 1 aliphatic heterocycles. The molecule has 2 aromatic heterocycles. The SMILES string of the molecule is CCCn1c(=O)c2c(nc(C=Cc3cc(OC)c(OC)cc3S(=O)(=O)N3CCN(C)CC3)n2C)n(CCC)c1=O. The Morgan fingerprint density at radius 3 is 2.10 bits per heavy atom. The second kappa shape index (κ2) is 12.0. The molecule has 1 aromatic carbocycles. The van der Waals surface area contributed by atoms with E-state index in [1.54, 1.807) is 29.8 Å². The lowest BCUT2D eigenvalue weighted by Gasteiger charge is -2.32. The highest BCUT2D eigenvalue weighted by atomic mass is 32.2. The van der Waals surface area contributed by atoms with Gasteiger partial charge in [0.15, 0.2) is 22.7 Å². The van der Waals surface area contributed by atoms with Crippen molar-refractivity contribution in [2.75, 3.05) is 47.4 Å². The average Bonchev–Trinajstić information content (AvgIpc) is 3.27. The Bertz CT molecular complexity index is 1640. The fourth-order valence-corrected chi connectivity index (χ4v) is 6.54. The zero-order valence-electron chi connectivity index (χ0n) is 24.0. The van der Waals surface area contributed by atoms with Crippen molar-refractivity contribution >= 4 is 33.3 Å². The molecule has 0 bridgehead atoms. The molecule has 1 fully saturated rings. The van der Waals surface area contributed by atoms with E-state index < -0.39 is 15.6 Å². The van der Waals surface area contributed by atoms with Gasteiger partial charge in [0, 0.05) is 52.4 Å². The third-order valence-electron chi connectivity index (χ3n) is 7.18. The van der Waals surface area contributed by atoms with Crippen molar-refractivity contribution in [3.05, 3.63) is 44.4 Å². The summed E-state index contributed by atoms with van der Waals surface area (Å²) >= 11 is 0. The number of sulfonamides is 1. The molecule has 3 heterocycles. The third-order valence-corrected chi connectivity index (χ3v) is 9.13. The summed E-state index contributed by atoms with van der Waals surface area (Å²) < 4.78 is 44.3. The van der Waals surface area contributed by atoms with Gasteiger partial charge < -0.3 is 18.9 Å². The van der Waals surface area contributed by atoms with Gasteiger partial charge in [-0.05, 0) is 43.7 Å². The Morgan fingerprint density at radius 1 is 0.900 bits per heavy atom. The lowest BCUT2D eigenvalue weighted by Crippen LogP contribution is -2.47. The summed E-state index contributed by atoms with van der Waals surface area (Å²) in [5.74, 6) is 1.09. The van der Waals surface area contributed by atoms with Crippen molar-refractivity contribution < 1.29 is 17.9 Å². The number of ether oxygens (including phenoxy) is 2. The summed E-state index contributed by atoms with van der Waals surface area (Å²) in [6.45, 7) is 6.61. The molecule has 0 amide bonds. The maximum Gasteiger partial charge on any atom is 0.332 e. The number of imidazole rings is 1. The van der Waals surface area contributed by atoms with Crippen LogP contribution in [-0.2, 0) is 30.2 Å². The van der Waals surface area contributed by atoms with Gasteiger partial charge >= 0.3 is 5.69 Å². The number of nitrogens with zero attached hydrogens (tertiary/aromatic N) is 6. The fourth-order valence-electron chi connectivity index (χ4n) is 4.94. The van der Waals surface area contributed by atoms with Crippen molar-refractivity contribution in [2.45, 2.75) is 44.7 Å². The maximum absolute atomic E-state index is 13.8. The van der Waals surface area contributed by atoms with Crippen LogP contribution < -0.4 is 20.7 Å². The monoisotopic (exact) mass is 574 g/mol. The number of rotatable bonds is 10. The number of hydrogen-bond acceptors (Lipinski definition) is 8. The van der Waals surface area contributed by atoms with Gasteiger partial charge in [0.05, 0.1) is 19.1 Å². The van der Waals surface area contributed by atoms with Crippen LogP contribution in [0.4, 0.5) is 0 Å². The predicted molar refractivity (Wildman–Crippen MR) is 155 cm³/mol. The first kappa shape index (κ1) is 29.6. The van der Waals surface area contributed by atoms with Crippen molar-refractivity contribution in [2.24, 2.45) is 7.05 Å². The summed E-state index contributed by atoms with van der Waals surface area (Å²) in [4.78, 5) is 33.2. The van der Waals surface area contributed by atoms with Gasteiger partial charge in [-0.3, -0.25) is 13.9 Å². The molecule has 4 rings (SSSR count). The number of methoxy groups -OCH3 is 2. The standard InChI is InChI=1S/C27H38N6O6S/c1-7-11-32-25-24(26(34)33(12-8-2)27(32)35)30(4)23(28-25)10-9-19-17-20(38-5)21(39-6)18-22(19)40(36,37)31-15-13-29(3)14-16-31/h9-10,17-18H,7-8,11-16H2,1-6H3. The van der Waals surface area contributed by atoms with Crippen molar-refractivity contribution in [1.29, 1.82) is 0 Å². The maximum atomic E-state index is 13.8. The van der Waals surface area contributed by atoms with Gasteiger partial charge in [0.2, 0.25) is 10.0 Å². The molecule has 0 N–H and O–H groups in total. The Labute approximate surface area is 234 Å². The molecule has 40 heavy (non-hydrogen) atoms. The molecule has 218 valence electrons. The highest BCUT2D eigenvalue weighted by molar-refractivity contribution is 7.89. The summed E-state index contributed by atoms with van der Waals surface area (Å²) in [5, 5.41) is 0. The van der Waals surface area contributed by atoms with Crippen LogP contribution >= 0.6 is 0 Å². The highest BCUT2D eigenvalue weighted by Crippen LogP contribution is 2.35. The van der Waals surface area contributed by atoms with Crippen LogP contribution in [0, 0.1) is 0 Å². The molecule has 0 radical (unpaired) electrons. The van der Waals surface area contributed by atoms with Crippen LogP contribution in [0.15, 0.2) is 26.6 Å². The van der Waals surface area contributed by atoms with Crippen LogP contribution in [0.25, 0.3) is 23.3 Å². The molecule has 13 heteroatoms. The van der Waals surface area contributed by atoms with E-state index in [-0.39, 0.29) is 10.6 Å². The van der Waals surface area contributed by atoms with E-state index in [1.165, 1.54) is 33.7 Å². The van der Waals surface area contributed by atoms with Crippen LogP contribution in [0.2, 0.25) is 0 Å². The zero-order chi connectivity index (χ0) is 29.2. The first-order chi connectivity index (χ1) is 19.1. The summed E-state index contributed by atoms with van der Waals surface area (Å²) in [5.41, 5.74) is 0.240. The minimum absolute atomic E-state index is 0.0814. The molecule has 0 unspecified atom stereocenters. The summed E-state index contributed by atoms with van der Waals surface area (Å²) in [6.07, 6.45) is 4.62. The first-order valence-electron chi connectivity index (χ1n) is 13.4. The van der Waals surface area contributed by atoms with E-state index >= 15 is 0 Å². The van der Waals surface area contributed by atoms with E-state index in [0.717, 1.165) is 0 Å². The van der Waals surface area contributed by atoms with Crippen LogP contribution in [0.5, 0.6) is 11.5 Å². The minimum Gasteiger partial charge on any atom is -0.493 e. The van der Waals surface area contributed by atoms with Crippen molar-refractivity contribution in [3.8, 4) is 11.5 Å². The average molecular weight is 575 g/mol. The Balaban J connectivity index is 1.88. The zero-order valence-corrected chi connectivity index (χ0v) is 24.8. The number of aromatic nitrogens is 4. The predicted octanol–water partition coefficient (Wildman–Crippen LogP) is 1.84. The van der Waals surface area contributed by atoms with Gasteiger partial charge in [-0.1, -0.05) is 13.8 Å². The van der Waals surface area contributed by atoms with Crippen LogP contribution in [0.1, 0.15) is 38.1 Å². The number of likely N-dealkylation sites (N-methyl/N-ethyl adjacent to an activating group) is 1. The normalized spacial score (nSPS) is 15.3. The molecular formula is C27H38N6O6S. The van der Waals surface area contributed by atoms with Crippen molar-refractivity contribution in [3.63, 3.8) is 0 Å². The van der Waals surface area contributed by atoms with Crippen LogP contribution in [-0.4, -0.2) is 83.8 Å². The molecule has 0 spiro atoms. The van der Waals surface area contributed by atoms with Gasteiger partial charge in [0.1, 0.15) is 5.82 Å². The van der Waals surface area contributed by atoms with Gasteiger partial charge in [-0.15, -0.1) is 0 Å². The lowest BCUT2D eigenvalue weighted by atomic mass is 10.2. The Hall–Kier alpha value is -3.42. The van der Waals surface area contributed by atoms with E-state index in [0.29, 0.717) is 86.2 Å². The largest absolute Gasteiger partial charge is 0.493 e. The molecule has 0 saturated carbocycles. The van der Waals surface area contributed by atoms with E-state index in [1.807, 2.05) is 20.9 Å². The quantitative estimate of drug-likeness (QED) is 0.360. The van der Waals surface area contributed by atoms with Gasteiger partial charge in [-0.25, -0.2) is 18.2 Å². The van der Waals surface area contributed by atoms with E-state index in [9.17, 15) is 18.0 Å². The van der Waals surface area contributed by atoms with E-state index in [4.69, 9.17) is 9.47 Å². The number of aryl methyl sites for hydroxylation is 2. The number of hydrogen-bond donors (Lipinski definition) is 0. The molecular weight excluding hydrogens is 536 g/mol. The number of piperazine rings is 1. The molecule has 1 aliphatic rings. The van der Waals surface area contributed by atoms with Gasteiger partial charge in [-0.2, -0.15) is 4.31 Å². The van der Waals surface area contributed by atoms with Gasteiger partial charge in [0.25, 0.3) is 5.56 Å². The first-order valence-corrected chi connectivity index (χ1v) is 14.9. The lowest BCUT2D eigenvalue weighted by molar-refractivity contribution is 0.222. The summed E-state index contributed by atoms with van der Waals surface area (Å²) in [6, 6.07) is 3.09. The smallest absolute Gasteiger partial charge is 0.332 e. The van der Waals surface area contributed by atoms with Crippen molar-refractivity contribution in [1.82, 2.24) is 27.9 Å². The fraction of sp³-hybridized carbons (Fsp3) is 0.519. The summed E-state index contributed by atoms with van der Waals surface area (Å²) in [7, 11) is 2.76. The molecule has 1 saturated heterocycles. The van der Waals surface area contributed by atoms with E-state index in [2.05, 4.69) is 9.88 Å². The minimum atomic E-state index is -3.86. The second-order valence-electron chi connectivity index (χ2n) is 9.88.